The van der Waals surface area contributed by atoms with Crippen LogP contribution < -0.4 is 5.73 Å². The number of ether oxygens (including phenoxy) is 2. The van der Waals surface area contributed by atoms with Crippen molar-refractivity contribution in [2.24, 2.45) is 34.3 Å². The van der Waals surface area contributed by atoms with Gasteiger partial charge in [-0.1, -0.05) is 13.8 Å². The molecule has 0 aromatic carbocycles. The van der Waals surface area contributed by atoms with Gasteiger partial charge in [-0.05, 0) is 87.1 Å². The molecule has 4 saturated carbocycles. The third-order valence-corrected chi connectivity index (χ3v) is 10.9. The molecule has 2 heterocycles. The summed E-state index contributed by atoms with van der Waals surface area (Å²) in [7, 11) is 0. The van der Waals surface area contributed by atoms with Gasteiger partial charge in [-0.25, -0.2) is 0 Å². The Morgan fingerprint density at radius 2 is 2.03 bits per heavy atom. The van der Waals surface area contributed by atoms with Crippen LogP contribution in [0.2, 0.25) is 0 Å². The van der Waals surface area contributed by atoms with E-state index in [1.54, 1.807) is 12.5 Å². The fourth-order valence-corrected chi connectivity index (χ4v) is 9.10. The van der Waals surface area contributed by atoms with Gasteiger partial charge in [-0.3, -0.25) is 0 Å². The minimum absolute atomic E-state index is 0.148. The zero-order chi connectivity index (χ0) is 21.5. The minimum Gasteiger partial charge on any atom is -0.472 e. The topological polar surface area (TPSA) is 81.2 Å². The van der Waals surface area contributed by atoms with E-state index in [1.807, 2.05) is 6.07 Å². The highest BCUT2D eigenvalue weighted by atomic mass is 16.6. The number of epoxide rings is 1. The second-order valence-corrected chi connectivity index (χ2v) is 11.7. The summed E-state index contributed by atoms with van der Waals surface area (Å²) < 4.78 is 18.2. The first-order chi connectivity index (χ1) is 14.9. The third kappa shape index (κ3) is 2.52. The lowest BCUT2D eigenvalue weighted by molar-refractivity contribution is -0.195. The van der Waals surface area contributed by atoms with Crippen LogP contribution in [0.1, 0.15) is 77.2 Å². The average Bonchev–Trinajstić information content (AvgIpc) is 3.11. The molecule has 31 heavy (non-hydrogen) atoms. The van der Waals surface area contributed by atoms with Crippen molar-refractivity contribution in [3.8, 4) is 0 Å². The highest BCUT2D eigenvalue weighted by Crippen LogP contribution is 2.79. The quantitative estimate of drug-likeness (QED) is 0.536. The molecule has 0 unspecified atom stereocenters. The summed E-state index contributed by atoms with van der Waals surface area (Å²) in [6.07, 6.45) is 14.1. The van der Waals surface area contributed by atoms with Crippen LogP contribution in [0.5, 0.6) is 0 Å². The van der Waals surface area contributed by atoms with E-state index in [9.17, 15) is 5.11 Å². The van der Waals surface area contributed by atoms with E-state index >= 15 is 0 Å². The van der Waals surface area contributed by atoms with Gasteiger partial charge in [0.15, 0.2) is 0 Å². The molecule has 1 aromatic heterocycles. The summed E-state index contributed by atoms with van der Waals surface area (Å²) >= 11 is 0. The maximum atomic E-state index is 12.0. The van der Waals surface area contributed by atoms with Gasteiger partial charge in [0.05, 0.1) is 24.7 Å². The summed E-state index contributed by atoms with van der Waals surface area (Å²) in [6.45, 7) is 6.39. The first-order valence-electron chi connectivity index (χ1n) is 12.6. The Bertz CT molecular complexity index is 827. The molecule has 9 atom stereocenters. The van der Waals surface area contributed by atoms with Gasteiger partial charge in [-0.15, -0.1) is 0 Å². The molecule has 6 rings (SSSR count). The molecule has 1 aromatic rings. The molecule has 172 valence electrons. The van der Waals surface area contributed by atoms with Crippen molar-refractivity contribution in [3.63, 3.8) is 0 Å². The Labute approximate surface area is 186 Å². The lowest BCUT2D eigenvalue weighted by atomic mass is 9.43. The molecule has 5 heteroatoms. The Kier molecular flexibility index (Phi) is 4.55. The van der Waals surface area contributed by atoms with Crippen LogP contribution in [0.3, 0.4) is 0 Å². The summed E-state index contributed by atoms with van der Waals surface area (Å²) in [6, 6.07) is 1.96. The predicted octanol–water partition coefficient (Wildman–Crippen LogP) is 4.38. The van der Waals surface area contributed by atoms with E-state index < -0.39 is 5.60 Å². The highest BCUT2D eigenvalue weighted by Gasteiger charge is 2.84. The molecule has 0 amide bonds. The monoisotopic (exact) mass is 429 g/mol. The van der Waals surface area contributed by atoms with Gasteiger partial charge in [0.25, 0.3) is 0 Å². The first kappa shape index (κ1) is 20.7. The van der Waals surface area contributed by atoms with Crippen molar-refractivity contribution in [2.75, 3.05) is 13.2 Å². The van der Waals surface area contributed by atoms with Gasteiger partial charge in [0.1, 0.15) is 11.2 Å². The molecule has 0 bridgehead atoms. The molecule has 0 radical (unpaired) electrons. The van der Waals surface area contributed by atoms with E-state index in [4.69, 9.17) is 19.6 Å². The van der Waals surface area contributed by atoms with Gasteiger partial charge in [0, 0.05) is 24.0 Å². The fraction of sp³-hybridized carbons (Fsp3) is 0.846. The minimum atomic E-state index is -0.833. The van der Waals surface area contributed by atoms with Crippen molar-refractivity contribution >= 4 is 0 Å². The lowest BCUT2D eigenvalue weighted by Crippen LogP contribution is -2.61. The molecule has 5 nitrogen and oxygen atoms in total. The van der Waals surface area contributed by atoms with Crippen LogP contribution in [0.25, 0.3) is 0 Å². The van der Waals surface area contributed by atoms with E-state index in [2.05, 4.69) is 13.8 Å². The van der Waals surface area contributed by atoms with E-state index in [0.717, 1.165) is 30.9 Å². The van der Waals surface area contributed by atoms with E-state index in [-0.39, 0.29) is 17.1 Å². The summed E-state index contributed by atoms with van der Waals surface area (Å²) in [4.78, 5) is 0. The Balaban J connectivity index is 1.25. The summed E-state index contributed by atoms with van der Waals surface area (Å²) in [5.41, 5.74) is 5.75. The smallest absolute Gasteiger partial charge is 0.106 e. The number of rotatable bonds is 5. The maximum Gasteiger partial charge on any atom is 0.106 e. The molecule has 5 aliphatic rings. The fourth-order valence-electron chi connectivity index (χ4n) is 9.10. The van der Waals surface area contributed by atoms with Gasteiger partial charge >= 0.3 is 0 Å². The van der Waals surface area contributed by atoms with Crippen LogP contribution in [0, 0.1) is 28.6 Å². The number of aliphatic hydroxyl groups is 1. The van der Waals surface area contributed by atoms with Crippen LogP contribution in [-0.4, -0.2) is 36.1 Å². The molecule has 1 spiro atoms. The molecule has 5 fully saturated rings. The largest absolute Gasteiger partial charge is 0.472 e. The van der Waals surface area contributed by atoms with Crippen LogP contribution in [0.15, 0.2) is 23.0 Å². The van der Waals surface area contributed by atoms with Gasteiger partial charge < -0.3 is 24.7 Å². The van der Waals surface area contributed by atoms with E-state index in [1.165, 1.54) is 38.5 Å². The Morgan fingerprint density at radius 1 is 1.16 bits per heavy atom. The average molecular weight is 430 g/mol. The SMILES string of the molecule is C[C@]12CC[C@H](OCCCN)C[C@H]1CC[C@@H]1[C@@H]2CC[C@@]2(C)[C@@]13O[C@@H]3C[C@]2(O)c1ccoc1. The first-order valence-corrected chi connectivity index (χ1v) is 12.6. The number of hydrogen-bond acceptors (Lipinski definition) is 5. The molecule has 3 N–H and O–H groups in total. The summed E-state index contributed by atoms with van der Waals surface area (Å²) in [5, 5.41) is 12.0. The second-order valence-electron chi connectivity index (χ2n) is 11.7. The number of nitrogens with two attached hydrogens (primary N) is 1. The highest BCUT2D eigenvalue weighted by molar-refractivity contribution is 5.37. The molecule has 4 aliphatic carbocycles. The lowest BCUT2D eigenvalue weighted by Gasteiger charge is -2.62. The molecule has 1 aliphatic heterocycles. The standard InChI is InChI=1S/C26H39NO4/c1-23-9-6-19(30-12-3-11-27)14-17(23)4-5-21-20(23)7-10-24(2)25(28,18-8-13-29-16-18)15-22-26(21,24)31-22/h8,13,16-17,19-22,28H,3-7,9-12,14-15,27H2,1-2H3/t17-,19+,20+,21-,22-,23+,24-,25+,26-/m1/s1. The van der Waals surface area contributed by atoms with Crippen molar-refractivity contribution in [1.29, 1.82) is 0 Å². The molecular weight excluding hydrogens is 390 g/mol. The van der Waals surface area contributed by atoms with Crippen LogP contribution in [0.4, 0.5) is 0 Å². The van der Waals surface area contributed by atoms with Crippen molar-refractivity contribution in [1.82, 2.24) is 0 Å². The van der Waals surface area contributed by atoms with Crippen molar-refractivity contribution < 1.29 is 19.0 Å². The summed E-state index contributed by atoms with van der Waals surface area (Å²) in [5.74, 6) is 2.01. The van der Waals surface area contributed by atoms with Crippen LogP contribution in [-0.2, 0) is 15.1 Å². The number of fused-ring (bicyclic) bond motifs is 3. The maximum absolute atomic E-state index is 12.0. The third-order valence-electron chi connectivity index (χ3n) is 10.9. The zero-order valence-corrected chi connectivity index (χ0v) is 19.1. The van der Waals surface area contributed by atoms with Crippen molar-refractivity contribution in [3.05, 3.63) is 24.2 Å². The number of hydrogen-bond donors (Lipinski definition) is 2. The van der Waals surface area contributed by atoms with Gasteiger partial charge in [-0.2, -0.15) is 0 Å². The molecule has 1 saturated heterocycles. The predicted molar refractivity (Wildman–Crippen MR) is 117 cm³/mol. The zero-order valence-electron chi connectivity index (χ0n) is 19.1. The van der Waals surface area contributed by atoms with Gasteiger partial charge in [0.2, 0.25) is 0 Å². The Hall–Kier alpha value is -0.880. The van der Waals surface area contributed by atoms with Crippen molar-refractivity contribution in [2.45, 2.75) is 95.0 Å². The number of furan rings is 1. The van der Waals surface area contributed by atoms with E-state index in [0.29, 0.717) is 36.3 Å². The normalized spacial score (nSPS) is 52.7. The van der Waals surface area contributed by atoms with Crippen LogP contribution >= 0.6 is 0 Å². The molecular formula is C26H39NO4. The second kappa shape index (κ2) is 6.82. The Morgan fingerprint density at radius 3 is 2.81 bits per heavy atom.